The van der Waals surface area contributed by atoms with Crippen LogP contribution in [0.2, 0.25) is 0 Å². The molecule has 98 valence electrons. The zero-order valence-electron chi connectivity index (χ0n) is 10.8. The van der Waals surface area contributed by atoms with Gasteiger partial charge in [-0.2, -0.15) is 0 Å². The van der Waals surface area contributed by atoms with Crippen molar-refractivity contribution in [1.82, 2.24) is 15.3 Å². The molecule has 0 saturated heterocycles. The molecule has 0 aliphatic rings. The molecule has 1 N–H and O–H groups in total. The first kappa shape index (κ1) is 13.0. The summed E-state index contributed by atoms with van der Waals surface area (Å²) in [5.74, 6) is 0.108. The van der Waals surface area contributed by atoms with Gasteiger partial charge in [0.1, 0.15) is 5.56 Å². The molecule has 1 unspecified atom stereocenters. The zero-order chi connectivity index (χ0) is 13.7. The Morgan fingerprint density at radius 2 is 2.00 bits per heavy atom. The van der Waals surface area contributed by atoms with Gasteiger partial charge in [-0.15, -0.1) is 0 Å². The molecule has 0 aliphatic carbocycles. The van der Waals surface area contributed by atoms with Crippen LogP contribution in [0, 0.1) is 0 Å². The van der Waals surface area contributed by atoms with Gasteiger partial charge in [-0.3, -0.25) is 9.78 Å². The Kier molecular flexibility index (Phi) is 4.07. The molecule has 0 saturated carbocycles. The minimum Gasteiger partial charge on any atom is -0.480 e. The first-order valence-corrected chi connectivity index (χ1v) is 5.92. The molecule has 2 aromatic rings. The number of ether oxygens (including phenoxy) is 1. The maximum atomic E-state index is 12.2. The van der Waals surface area contributed by atoms with E-state index >= 15 is 0 Å². The van der Waals surface area contributed by atoms with E-state index in [0.717, 1.165) is 5.56 Å². The summed E-state index contributed by atoms with van der Waals surface area (Å²) in [4.78, 5) is 20.1. The minimum atomic E-state index is -0.214. The highest BCUT2D eigenvalue weighted by Crippen LogP contribution is 2.16. The second-order valence-corrected chi connectivity index (χ2v) is 4.04. The van der Waals surface area contributed by atoms with Crippen LogP contribution < -0.4 is 10.1 Å². The number of methoxy groups -OCH3 is 1. The van der Waals surface area contributed by atoms with Crippen molar-refractivity contribution in [3.63, 3.8) is 0 Å². The second kappa shape index (κ2) is 5.95. The summed E-state index contributed by atoms with van der Waals surface area (Å²) in [6, 6.07) is 7.01. The van der Waals surface area contributed by atoms with Gasteiger partial charge in [0.15, 0.2) is 0 Å². The molecular weight excluding hydrogens is 242 g/mol. The molecule has 0 fully saturated rings. The summed E-state index contributed by atoms with van der Waals surface area (Å²) in [6.45, 7) is 1.91. The van der Waals surface area contributed by atoms with Crippen molar-refractivity contribution in [2.24, 2.45) is 0 Å². The van der Waals surface area contributed by atoms with Crippen molar-refractivity contribution in [3.05, 3.63) is 54.0 Å². The van der Waals surface area contributed by atoms with Crippen LogP contribution in [0.1, 0.15) is 28.9 Å². The molecule has 2 aromatic heterocycles. The third-order valence-corrected chi connectivity index (χ3v) is 2.76. The molecular formula is C14H15N3O2. The topological polar surface area (TPSA) is 64.1 Å². The van der Waals surface area contributed by atoms with E-state index in [-0.39, 0.29) is 11.9 Å². The Morgan fingerprint density at radius 1 is 1.26 bits per heavy atom. The second-order valence-electron chi connectivity index (χ2n) is 4.04. The number of pyridine rings is 2. The van der Waals surface area contributed by atoms with E-state index in [9.17, 15) is 4.79 Å². The predicted octanol–water partition coefficient (Wildman–Crippen LogP) is 1.98. The number of hydrogen-bond acceptors (Lipinski definition) is 4. The Hall–Kier alpha value is -2.43. The molecule has 0 aromatic carbocycles. The number of amides is 1. The smallest absolute Gasteiger partial charge is 0.257 e. The van der Waals surface area contributed by atoms with Gasteiger partial charge in [-0.1, -0.05) is 0 Å². The molecule has 1 atom stereocenters. The van der Waals surface area contributed by atoms with Crippen molar-refractivity contribution in [2.45, 2.75) is 13.0 Å². The molecule has 5 nitrogen and oxygen atoms in total. The first-order chi connectivity index (χ1) is 9.22. The van der Waals surface area contributed by atoms with E-state index in [4.69, 9.17) is 4.74 Å². The van der Waals surface area contributed by atoms with E-state index in [1.54, 1.807) is 30.7 Å². The van der Waals surface area contributed by atoms with Gasteiger partial charge >= 0.3 is 0 Å². The zero-order valence-corrected chi connectivity index (χ0v) is 10.8. The average molecular weight is 257 g/mol. The van der Waals surface area contributed by atoms with Gasteiger partial charge in [-0.25, -0.2) is 4.98 Å². The summed E-state index contributed by atoms with van der Waals surface area (Å²) >= 11 is 0. The highest BCUT2D eigenvalue weighted by molar-refractivity contribution is 5.96. The van der Waals surface area contributed by atoms with Crippen molar-refractivity contribution in [1.29, 1.82) is 0 Å². The van der Waals surface area contributed by atoms with Crippen LogP contribution in [-0.4, -0.2) is 23.0 Å². The minimum absolute atomic E-state index is 0.111. The van der Waals surface area contributed by atoms with E-state index in [1.807, 2.05) is 19.1 Å². The van der Waals surface area contributed by atoms with Gasteiger partial charge in [0.05, 0.1) is 13.2 Å². The third-order valence-electron chi connectivity index (χ3n) is 2.76. The molecule has 0 bridgehead atoms. The maximum absolute atomic E-state index is 12.2. The van der Waals surface area contributed by atoms with Gasteiger partial charge < -0.3 is 10.1 Å². The number of carbonyl (C=O) groups excluding carboxylic acids is 1. The molecule has 0 aliphatic heterocycles. The molecule has 5 heteroatoms. The third kappa shape index (κ3) is 3.07. The highest BCUT2D eigenvalue weighted by atomic mass is 16.5. The number of carbonyl (C=O) groups is 1. The summed E-state index contributed by atoms with van der Waals surface area (Å²) < 4.78 is 5.07. The lowest BCUT2D eigenvalue weighted by Crippen LogP contribution is -2.27. The van der Waals surface area contributed by atoms with Crippen molar-refractivity contribution in [3.8, 4) is 5.88 Å². The van der Waals surface area contributed by atoms with E-state index in [1.165, 1.54) is 7.11 Å². The number of nitrogens with one attached hydrogen (secondary N) is 1. The fraction of sp³-hybridized carbons (Fsp3) is 0.214. The SMILES string of the molecule is COc1ncccc1C(=O)NC(C)c1ccncc1. The summed E-state index contributed by atoms with van der Waals surface area (Å²) in [6.07, 6.45) is 4.98. The summed E-state index contributed by atoms with van der Waals surface area (Å²) in [5, 5.41) is 2.90. The Morgan fingerprint density at radius 3 is 2.68 bits per heavy atom. The molecule has 2 heterocycles. The Labute approximate surface area is 111 Å². The number of nitrogens with zero attached hydrogens (tertiary/aromatic N) is 2. The van der Waals surface area contributed by atoms with Gasteiger partial charge in [0, 0.05) is 18.6 Å². The number of hydrogen-bond donors (Lipinski definition) is 1. The van der Waals surface area contributed by atoms with Crippen LogP contribution in [0.5, 0.6) is 5.88 Å². The standard InChI is InChI=1S/C14H15N3O2/c1-10(11-5-8-15-9-6-11)17-13(18)12-4-3-7-16-14(12)19-2/h3-10H,1-2H3,(H,17,18). The quantitative estimate of drug-likeness (QED) is 0.909. The Bertz CT molecular complexity index is 558. The molecule has 2 rings (SSSR count). The fourth-order valence-electron chi connectivity index (χ4n) is 1.74. The normalized spacial score (nSPS) is 11.7. The van der Waals surface area contributed by atoms with Crippen LogP contribution >= 0.6 is 0 Å². The molecule has 1 amide bonds. The lowest BCUT2D eigenvalue weighted by Gasteiger charge is -2.14. The van der Waals surface area contributed by atoms with Crippen molar-refractivity contribution < 1.29 is 9.53 Å². The van der Waals surface area contributed by atoms with Crippen molar-refractivity contribution in [2.75, 3.05) is 7.11 Å². The highest BCUT2D eigenvalue weighted by Gasteiger charge is 2.15. The number of rotatable bonds is 4. The van der Waals surface area contributed by atoms with E-state index in [0.29, 0.717) is 11.4 Å². The van der Waals surface area contributed by atoms with E-state index < -0.39 is 0 Å². The van der Waals surface area contributed by atoms with Crippen LogP contribution in [0.25, 0.3) is 0 Å². The molecule has 19 heavy (non-hydrogen) atoms. The first-order valence-electron chi connectivity index (χ1n) is 5.92. The molecule has 0 radical (unpaired) electrons. The summed E-state index contributed by atoms with van der Waals surface area (Å²) in [7, 11) is 1.49. The number of aromatic nitrogens is 2. The monoisotopic (exact) mass is 257 g/mol. The lowest BCUT2D eigenvalue weighted by atomic mass is 10.1. The van der Waals surface area contributed by atoms with Crippen LogP contribution in [-0.2, 0) is 0 Å². The fourth-order valence-corrected chi connectivity index (χ4v) is 1.74. The van der Waals surface area contributed by atoms with Gasteiger partial charge in [-0.05, 0) is 36.8 Å². The van der Waals surface area contributed by atoms with E-state index in [2.05, 4.69) is 15.3 Å². The summed E-state index contributed by atoms with van der Waals surface area (Å²) in [5.41, 5.74) is 1.41. The lowest BCUT2D eigenvalue weighted by molar-refractivity contribution is 0.0936. The van der Waals surface area contributed by atoms with Crippen molar-refractivity contribution >= 4 is 5.91 Å². The Balaban J connectivity index is 2.13. The van der Waals surface area contributed by atoms with Crippen LogP contribution in [0.15, 0.2) is 42.9 Å². The van der Waals surface area contributed by atoms with Gasteiger partial charge in [0.2, 0.25) is 5.88 Å². The maximum Gasteiger partial charge on any atom is 0.257 e. The van der Waals surface area contributed by atoms with Gasteiger partial charge in [0.25, 0.3) is 5.91 Å². The van der Waals surface area contributed by atoms with Crippen LogP contribution in [0.3, 0.4) is 0 Å². The predicted molar refractivity (Wildman–Crippen MR) is 70.9 cm³/mol. The average Bonchev–Trinajstić information content (AvgIpc) is 2.48. The molecule has 0 spiro atoms. The van der Waals surface area contributed by atoms with Crippen LogP contribution in [0.4, 0.5) is 0 Å². The largest absolute Gasteiger partial charge is 0.480 e.